The molecule has 20 heavy (non-hydrogen) atoms. The molecule has 0 spiro atoms. The van der Waals surface area contributed by atoms with Crippen molar-refractivity contribution in [2.75, 3.05) is 0 Å². The Labute approximate surface area is 115 Å². The molecule has 2 nitrogen and oxygen atoms in total. The summed E-state index contributed by atoms with van der Waals surface area (Å²) < 4.78 is 19.2. The van der Waals surface area contributed by atoms with E-state index in [1.165, 1.54) is 6.07 Å². The normalized spacial score (nSPS) is 10.9. The highest BCUT2D eigenvalue weighted by Crippen LogP contribution is 2.24. The van der Waals surface area contributed by atoms with Crippen LogP contribution in [0, 0.1) is 19.7 Å². The molecule has 0 aliphatic rings. The standard InChI is InChI=1S/C17H13FO2/c1-10-6-7-12(8-14(10)18)16(19)15-9-13-5-3-4-11(2)17(13)20-15/h3-9H,1-2H3. The number of fused-ring (bicyclic) bond motifs is 1. The summed E-state index contributed by atoms with van der Waals surface area (Å²) in [4.78, 5) is 12.3. The van der Waals surface area contributed by atoms with Crippen LogP contribution in [-0.2, 0) is 0 Å². The first kappa shape index (κ1) is 12.6. The smallest absolute Gasteiger partial charge is 0.228 e. The van der Waals surface area contributed by atoms with Crippen LogP contribution in [-0.4, -0.2) is 5.78 Å². The van der Waals surface area contributed by atoms with Crippen LogP contribution in [0.15, 0.2) is 46.9 Å². The van der Waals surface area contributed by atoms with Crippen molar-refractivity contribution in [3.05, 3.63) is 70.7 Å². The second kappa shape index (κ2) is 4.60. The maximum absolute atomic E-state index is 13.5. The van der Waals surface area contributed by atoms with Gasteiger partial charge >= 0.3 is 0 Å². The lowest BCUT2D eigenvalue weighted by Crippen LogP contribution is -2.00. The Morgan fingerprint density at radius 3 is 2.55 bits per heavy atom. The Bertz CT molecular complexity index is 815. The lowest BCUT2D eigenvalue weighted by molar-refractivity contribution is 0.101. The molecule has 0 N–H and O–H groups in total. The highest BCUT2D eigenvalue weighted by atomic mass is 19.1. The Hall–Kier alpha value is -2.42. The van der Waals surface area contributed by atoms with Gasteiger partial charge in [0.25, 0.3) is 0 Å². The monoisotopic (exact) mass is 268 g/mol. The third kappa shape index (κ3) is 2.01. The molecular formula is C17H13FO2. The van der Waals surface area contributed by atoms with Gasteiger partial charge in [0.2, 0.25) is 5.78 Å². The topological polar surface area (TPSA) is 30.2 Å². The quantitative estimate of drug-likeness (QED) is 0.644. The first-order valence-corrected chi connectivity index (χ1v) is 6.36. The molecule has 0 unspecified atom stereocenters. The number of benzene rings is 2. The Balaban J connectivity index is 2.08. The molecule has 0 atom stereocenters. The molecular weight excluding hydrogens is 255 g/mol. The van der Waals surface area contributed by atoms with Crippen LogP contribution in [0.2, 0.25) is 0 Å². The van der Waals surface area contributed by atoms with Crippen LogP contribution in [0.5, 0.6) is 0 Å². The van der Waals surface area contributed by atoms with Gasteiger partial charge in [0.15, 0.2) is 5.76 Å². The number of hydrogen-bond donors (Lipinski definition) is 0. The van der Waals surface area contributed by atoms with Gasteiger partial charge in [0.05, 0.1) is 0 Å². The van der Waals surface area contributed by atoms with Gasteiger partial charge in [0.1, 0.15) is 11.4 Å². The summed E-state index contributed by atoms with van der Waals surface area (Å²) in [7, 11) is 0. The van der Waals surface area contributed by atoms with E-state index in [1.54, 1.807) is 25.1 Å². The van der Waals surface area contributed by atoms with E-state index in [-0.39, 0.29) is 17.4 Å². The molecule has 1 heterocycles. The minimum atomic E-state index is -0.386. The first-order valence-electron chi connectivity index (χ1n) is 6.36. The number of ketones is 1. The number of rotatable bonds is 2. The van der Waals surface area contributed by atoms with Crippen molar-refractivity contribution in [3.63, 3.8) is 0 Å². The largest absolute Gasteiger partial charge is 0.452 e. The first-order chi connectivity index (χ1) is 9.56. The summed E-state index contributed by atoms with van der Waals surface area (Å²) >= 11 is 0. The molecule has 0 saturated heterocycles. The number of aryl methyl sites for hydroxylation is 2. The van der Waals surface area contributed by atoms with Crippen molar-refractivity contribution in [3.8, 4) is 0 Å². The van der Waals surface area contributed by atoms with Gasteiger partial charge < -0.3 is 4.42 Å². The van der Waals surface area contributed by atoms with E-state index in [4.69, 9.17) is 4.42 Å². The third-order valence-corrected chi connectivity index (χ3v) is 3.40. The van der Waals surface area contributed by atoms with Crippen molar-refractivity contribution in [2.24, 2.45) is 0 Å². The van der Waals surface area contributed by atoms with E-state index < -0.39 is 0 Å². The average molecular weight is 268 g/mol. The molecule has 0 saturated carbocycles. The number of furan rings is 1. The highest BCUT2D eigenvalue weighted by molar-refractivity contribution is 6.09. The number of hydrogen-bond acceptors (Lipinski definition) is 2. The molecule has 1 aromatic heterocycles. The van der Waals surface area contributed by atoms with Gasteiger partial charge in [0, 0.05) is 10.9 Å². The second-order valence-electron chi connectivity index (χ2n) is 4.90. The second-order valence-corrected chi connectivity index (χ2v) is 4.90. The SMILES string of the molecule is Cc1ccc(C(=O)c2cc3cccc(C)c3o2)cc1F. The van der Waals surface area contributed by atoms with Crippen molar-refractivity contribution >= 4 is 16.8 Å². The Kier molecular flexibility index (Phi) is 2.90. The predicted molar refractivity (Wildman–Crippen MR) is 75.5 cm³/mol. The minimum absolute atomic E-state index is 0.234. The maximum atomic E-state index is 13.5. The van der Waals surface area contributed by atoms with E-state index in [0.29, 0.717) is 16.7 Å². The molecule has 0 fully saturated rings. The van der Waals surface area contributed by atoms with Gasteiger partial charge in [-0.1, -0.05) is 30.3 Å². The zero-order valence-corrected chi connectivity index (χ0v) is 11.2. The fourth-order valence-electron chi connectivity index (χ4n) is 2.20. The van der Waals surface area contributed by atoms with Crippen LogP contribution in [0.25, 0.3) is 11.0 Å². The van der Waals surface area contributed by atoms with E-state index >= 15 is 0 Å². The summed E-state index contributed by atoms with van der Waals surface area (Å²) in [6.07, 6.45) is 0. The van der Waals surface area contributed by atoms with Crippen LogP contribution in [0.1, 0.15) is 27.2 Å². The van der Waals surface area contributed by atoms with E-state index in [2.05, 4.69) is 0 Å². The highest BCUT2D eigenvalue weighted by Gasteiger charge is 2.16. The van der Waals surface area contributed by atoms with Crippen molar-refractivity contribution in [1.82, 2.24) is 0 Å². The van der Waals surface area contributed by atoms with Gasteiger partial charge in [-0.05, 0) is 37.1 Å². The van der Waals surface area contributed by atoms with Crippen molar-refractivity contribution in [1.29, 1.82) is 0 Å². The van der Waals surface area contributed by atoms with E-state index in [0.717, 1.165) is 10.9 Å². The molecule has 0 radical (unpaired) electrons. The fraction of sp³-hybridized carbons (Fsp3) is 0.118. The molecule has 0 aliphatic carbocycles. The van der Waals surface area contributed by atoms with Crippen LogP contribution in [0.4, 0.5) is 4.39 Å². The number of para-hydroxylation sites is 1. The number of halogens is 1. The Morgan fingerprint density at radius 2 is 1.85 bits per heavy atom. The fourth-order valence-corrected chi connectivity index (χ4v) is 2.20. The Morgan fingerprint density at radius 1 is 1.05 bits per heavy atom. The number of carbonyl (C=O) groups excluding carboxylic acids is 1. The van der Waals surface area contributed by atoms with Crippen molar-refractivity contribution < 1.29 is 13.6 Å². The summed E-state index contributed by atoms with van der Waals surface area (Å²) in [5, 5.41) is 0.876. The van der Waals surface area contributed by atoms with Gasteiger partial charge in [-0.25, -0.2) is 4.39 Å². The summed E-state index contributed by atoms with van der Waals surface area (Å²) in [5.41, 5.74) is 2.48. The molecule has 3 heteroatoms. The number of carbonyl (C=O) groups is 1. The third-order valence-electron chi connectivity index (χ3n) is 3.40. The van der Waals surface area contributed by atoms with E-state index in [9.17, 15) is 9.18 Å². The van der Waals surface area contributed by atoms with Gasteiger partial charge in [-0.2, -0.15) is 0 Å². The maximum Gasteiger partial charge on any atom is 0.228 e. The summed E-state index contributed by atoms with van der Waals surface area (Å²) in [6.45, 7) is 3.58. The molecule has 2 aromatic carbocycles. The van der Waals surface area contributed by atoms with Crippen molar-refractivity contribution in [2.45, 2.75) is 13.8 Å². The predicted octanol–water partition coefficient (Wildman–Crippen LogP) is 4.42. The lowest BCUT2D eigenvalue weighted by Gasteiger charge is -2.00. The molecule has 0 amide bonds. The molecule has 0 aliphatic heterocycles. The molecule has 3 rings (SSSR count). The molecule has 0 bridgehead atoms. The van der Waals surface area contributed by atoms with Crippen LogP contribution in [0.3, 0.4) is 0 Å². The van der Waals surface area contributed by atoms with Crippen LogP contribution >= 0.6 is 0 Å². The average Bonchev–Trinajstić information content (AvgIpc) is 2.86. The summed E-state index contributed by atoms with van der Waals surface area (Å²) in [5.74, 6) is -0.458. The van der Waals surface area contributed by atoms with E-state index in [1.807, 2.05) is 25.1 Å². The summed E-state index contributed by atoms with van der Waals surface area (Å²) in [6, 6.07) is 11.9. The zero-order valence-electron chi connectivity index (χ0n) is 11.2. The molecule has 3 aromatic rings. The van der Waals surface area contributed by atoms with Gasteiger partial charge in [-0.15, -0.1) is 0 Å². The lowest BCUT2D eigenvalue weighted by atomic mass is 10.1. The van der Waals surface area contributed by atoms with Crippen LogP contribution < -0.4 is 0 Å². The zero-order chi connectivity index (χ0) is 14.3. The van der Waals surface area contributed by atoms with Gasteiger partial charge in [-0.3, -0.25) is 4.79 Å². The minimum Gasteiger partial charge on any atom is -0.452 e. The molecule has 100 valence electrons.